The van der Waals surface area contributed by atoms with E-state index in [9.17, 15) is 9.59 Å². The molecule has 1 amide bonds. The number of esters is 1. The Balaban J connectivity index is 1.86. The molecule has 8 heteroatoms. The summed E-state index contributed by atoms with van der Waals surface area (Å²) in [6.07, 6.45) is 3.51. The van der Waals surface area contributed by atoms with Crippen molar-refractivity contribution in [3.05, 3.63) is 52.7 Å². The zero-order valence-electron chi connectivity index (χ0n) is 16.1. The lowest BCUT2D eigenvalue weighted by Gasteiger charge is -2.10. The van der Waals surface area contributed by atoms with E-state index in [1.807, 2.05) is 55.2 Å². The van der Waals surface area contributed by atoms with Crippen LogP contribution in [0.3, 0.4) is 0 Å². The van der Waals surface area contributed by atoms with E-state index in [1.165, 1.54) is 30.2 Å². The third-order valence-corrected chi connectivity index (χ3v) is 6.18. The molecule has 0 aliphatic rings. The lowest BCUT2D eigenvalue weighted by Crippen LogP contribution is -2.16. The van der Waals surface area contributed by atoms with Crippen molar-refractivity contribution in [2.45, 2.75) is 19.0 Å². The van der Waals surface area contributed by atoms with Crippen LogP contribution in [-0.2, 0) is 16.6 Å². The molecule has 3 aromatic rings. The average Bonchev–Trinajstić information content (AvgIpc) is 3.27. The van der Waals surface area contributed by atoms with Crippen molar-refractivity contribution in [1.29, 1.82) is 0 Å². The van der Waals surface area contributed by atoms with Crippen LogP contribution >= 0.6 is 23.1 Å². The molecule has 0 unspecified atom stereocenters. The molecule has 2 aromatic heterocycles. The zero-order valence-corrected chi connectivity index (χ0v) is 17.7. The number of anilines is 1. The normalized spacial score (nSPS) is 10.7. The topological polar surface area (TPSA) is 73.2 Å². The monoisotopic (exact) mass is 415 g/mol. The van der Waals surface area contributed by atoms with E-state index < -0.39 is 5.97 Å². The van der Waals surface area contributed by atoms with Gasteiger partial charge in [-0.2, -0.15) is 0 Å². The molecule has 28 heavy (non-hydrogen) atoms. The molecule has 146 valence electrons. The summed E-state index contributed by atoms with van der Waals surface area (Å²) < 4.78 is 6.83. The minimum absolute atomic E-state index is 0.197. The quantitative estimate of drug-likeness (QED) is 0.480. The molecule has 0 spiro atoms. The molecular weight excluding hydrogens is 394 g/mol. The summed E-state index contributed by atoms with van der Waals surface area (Å²) in [6.45, 7) is 4.00. The first-order valence-corrected chi connectivity index (χ1v) is 10.4. The molecule has 1 aromatic carbocycles. The van der Waals surface area contributed by atoms with E-state index in [0.717, 1.165) is 27.4 Å². The number of aromatic nitrogens is 2. The van der Waals surface area contributed by atoms with Crippen LogP contribution < -0.4 is 5.32 Å². The Bertz CT molecular complexity index is 1020. The number of nitrogens with one attached hydrogen (secondary N) is 1. The van der Waals surface area contributed by atoms with Gasteiger partial charge in [0, 0.05) is 30.4 Å². The maximum atomic E-state index is 12.5. The average molecular weight is 416 g/mol. The number of thioether (sulfide) groups is 1. The van der Waals surface area contributed by atoms with Gasteiger partial charge in [-0.05, 0) is 25.0 Å². The minimum Gasteiger partial charge on any atom is -0.465 e. The number of carbonyl (C=O) groups excluding carboxylic acids is 2. The predicted octanol–water partition coefficient (Wildman–Crippen LogP) is 4.28. The van der Waals surface area contributed by atoms with E-state index >= 15 is 0 Å². The van der Waals surface area contributed by atoms with Crippen molar-refractivity contribution in [2.24, 2.45) is 7.05 Å². The molecule has 1 N–H and O–H groups in total. The second kappa shape index (κ2) is 8.62. The van der Waals surface area contributed by atoms with E-state index in [-0.39, 0.29) is 11.7 Å². The smallest absolute Gasteiger partial charge is 0.341 e. The highest BCUT2D eigenvalue weighted by Gasteiger charge is 2.23. The van der Waals surface area contributed by atoms with E-state index in [0.29, 0.717) is 10.6 Å². The third kappa shape index (κ3) is 4.28. The van der Waals surface area contributed by atoms with E-state index in [1.54, 1.807) is 6.20 Å². The summed E-state index contributed by atoms with van der Waals surface area (Å²) in [5, 5.41) is 5.99. The molecule has 3 rings (SSSR count). The van der Waals surface area contributed by atoms with Gasteiger partial charge < -0.3 is 14.6 Å². The largest absolute Gasteiger partial charge is 0.465 e. The van der Waals surface area contributed by atoms with Crippen LogP contribution in [0.4, 0.5) is 5.00 Å². The first kappa shape index (κ1) is 20.2. The van der Waals surface area contributed by atoms with Crippen LogP contribution in [0, 0.1) is 13.8 Å². The van der Waals surface area contributed by atoms with Gasteiger partial charge in [-0.1, -0.05) is 35.5 Å². The highest BCUT2D eigenvalue weighted by molar-refractivity contribution is 7.99. The van der Waals surface area contributed by atoms with Gasteiger partial charge in [-0.25, -0.2) is 9.78 Å². The number of rotatable bonds is 6. The molecule has 0 saturated heterocycles. The molecule has 0 aliphatic carbocycles. The Morgan fingerprint density at radius 1 is 1.29 bits per heavy atom. The summed E-state index contributed by atoms with van der Waals surface area (Å²) in [5.74, 6) is -0.473. The maximum Gasteiger partial charge on any atom is 0.341 e. The Morgan fingerprint density at radius 2 is 2.07 bits per heavy atom. The van der Waals surface area contributed by atoms with Gasteiger partial charge in [0.2, 0.25) is 5.91 Å². The number of ether oxygens (including phenoxy) is 1. The molecule has 2 heterocycles. The number of nitrogens with zero attached hydrogens (tertiary/aromatic N) is 2. The highest BCUT2D eigenvalue weighted by Crippen LogP contribution is 2.38. The fourth-order valence-electron chi connectivity index (χ4n) is 2.76. The Hall–Kier alpha value is -2.58. The Kier molecular flexibility index (Phi) is 6.21. The number of benzene rings is 1. The number of thiophene rings is 1. The molecular formula is C20H21N3O3S2. The van der Waals surface area contributed by atoms with Gasteiger partial charge in [0.25, 0.3) is 0 Å². The summed E-state index contributed by atoms with van der Waals surface area (Å²) in [4.78, 5) is 29.1. The van der Waals surface area contributed by atoms with Gasteiger partial charge >= 0.3 is 5.97 Å². The third-order valence-electron chi connectivity index (χ3n) is 4.23. The number of hydrogen-bond acceptors (Lipinski definition) is 6. The lowest BCUT2D eigenvalue weighted by atomic mass is 9.97. The summed E-state index contributed by atoms with van der Waals surface area (Å²) in [6, 6.07) is 6.08. The van der Waals surface area contributed by atoms with Crippen molar-refractivity contribution in [3.8, 4) is 11.1 Å². The predicted molar refractivity (Wildman–Crippen MR) is 113 cm³/mol. The van der Waals surface area contributed by atoms with Crippen LogP contribution in [0.5, 0.6) is 0 Å². The molecule has 0 bridgehead atoms. The number of hydrogen-bond donors (Lipinski definition) is 1. The fraction of sp³-hybridized carbons (Fsp3) is 0.250. The number of aryl methyl sites for hydroxylation is 3. The maximum absolute atomic E-state index is 12.5. The fourth-order valence-corrected chi connectivity index (χ4v) is 4.46. The summed E-state index contributed by atoms with van der Waals surface area (Å²) in [7, 11) is 3.22. The van der Waals surface area contributed by atoms with Gasteiger partial charge in [0.15, 0.2) is 5.16 Å². The SMILES string of the molecule is COC(=O)c1c(-c2cc(C)ccc2C)csc1NC(=O)CSc1nccn1C. The van der Waals surface area contributed by atoms with Gasteiger partial charge in [0.1, 0.15) is 10.6 Å². The summed E-state index contributed by atoms with van der Waals surface area (Å²) >= 11 is 2.66. The van der Waals surface area contributed by atoms with Gasteiger partial charge in [-0.15, -0.1) is 11.3 Å². The van der Waals surface area contributed by atoms with Crippen molar-refractivity contribution in [3.63, 3.8) is 0 Å². The van der Waals surface area contributed by atoms with Gasteiger partial charge in [-0.3, -0.25) is 4.79 Å². The molecule has 0 saturated carbocycles. The second-order valence-electron chi connectivity index (χ2n) is 6.32. The summed E-state index contributed by atoms with van der Waals surface area (Å²) in [5.41, 5.74) is 4.26. The Morgan fingerprint density at radius 3 is 2.75 bits per heavy atom. The van der Waals surface area contributed by atoms with Crippen LogP contribution in [0.1, 0.15) is 21.5 Å². The molecule has 6 nitrogen and oxygen atoms in total. The number of imidazole rings is 1. The minimum atomic E-state index is -0.468. The highest BCUT2D eigenvalue weighted by atomic mass is 32.2. The van der Waals surface area contributed by atoms with Crippen molar-refractivity contribution in [1.82, 2.24) is 9.55 Å². The molecule has 0 fully saturated rings. The van der Waals surface area contributed by atoms with Crippen LogP contribution in [-0.4, -0.2) is 34.3 Å². The van der Waals surface area contributed by atoms with E-state index in [4.69, 9.17) is 4.74 Å². The van der Waals surface area contributed by atoms with Crippen LogP contribution in [0.25, 0.3) is 11.1 Å². The molecule has 0 atom stereocenters. The standard InChI is InChI=1S/C20H21N3O3S2/c1-12-5-6-13(2)14(9-12)15-10-27-18(17(15)19(25)26-4)22-16(24)11-28-20-21-7-8-23(20)3/h5-10H,11H2,1-4H3,(H,22,24). The second-order valence-corrected chi connectivity index (χ2v) is 8.14. The molecule has 0 aliphatic heterocycles. The first-order valence-electron chi connectivity index (χ1n) is 8.58. The number of methoxy groups -OCH3 is 1. The first-order chi connectivity index (χ1) is 13.4. The number of amides is 1. The lowest BCUT2D eigenvalue weighted by molar-refractivity contribution is -0.113. The van der Waals surface area contributed by atoms with Crippen LogP contribution in [0.2, 0.25) is 0 Å². The van der Waals surface area contributed by atoms with Crippen molar-refractivity contribution in [2.75, 3.05) is 18.2 Å². The zero-order chi connectivity index (χ0) is 20.3. The van der Waals surface area contributed by atoms with Crippen LogP contribution in [0.15, 0.2) is 41.1 Å². The number of carbonyl (C=O) groups is 2. The van der Waals surface area contributed by atoms with Crippen molar-refractivity contribution < 1.29 is 14.3 Å². The van der Waals surface area contributed by atoms with Gasteiger partial charge in [0.05, 0.1) is 12.9 Å². The van der Waals surface area contributed by atoms with Crippen molar-refractivity contribution >= 4 is 40.0 Å². The molecule has 0 radical (unpaired) electrons. The Labute approximate surface area is 171 Å². The van der Waals surface area contributed by atoms with E-state index in [2.05, 4.69) is 10.3 Å².